The summed E-state index contributed by atoms with van der Waals surface area (Å²) in [5.74, 6) is 2.63. The molecule has 3 saturated carbocycles. The van der Waals surface area contributed by atoms with Crippen molar-refractivity contribution in [3.8, 4) is 0 Å². The molecule has 4 N–H and O–H groups in total. The van der Waals surface area contributed by atoms with Gasteiger partial charge in [-0.2, -0.15) is 0 Å². The zero-order chi connectivity index (χ0) is 30.6. The molecule has 6 heteroatoms. The van der Waals surface area contributed by atoms with Gasteiger partial charge in [-0.15, -0.1) is 0 Å². The normalized spacial score (nSPS) is 54.7. The number of hydrogen-bond donors (Lipinski definition) is 4. The van der Waals surface area contributed by atoms with Crippen LogP contribution in [-0.2, 0) is 9.47 Å². The molecule has 236 valence electrons. The summed E-state index contributed by atoms with van der Waals surface area (Å²) in [5.41, 5.74) is 3.19. The predicted molar refractivity (Wildman–Crippen MR) is 163 cm³/mol. The monoisotopic (exact) mass is 584 g/mol. The smallest absolute Gasteiger partial charge is 0.187 e. The highest BCUT2D eigenvalue weighted by Crippen LogP contribution is 2.76. The van der Waals surface area contributed by atoms with Gasteiger partial charge in [0.05, 0.1) is 12.7 Å². The van der Waals surface area contributed by atoms with Gasteiger partial charge in [-0.05, 0) is 91.8 Å². The maximum atomic E-state index is 10.7. The summed E-state index contributed by atoms with van der Waals surface area (Å²) < 4.78 is 12.1. The first kappa shape index (κ1) is 31.0. The molecule has 6 rings (SSSR count). The average Bonchev–Trinajstić information content (AvgIpc) is 3.28. The Morgan fingerprint density at radius 2 is 1.67 bits per heavy atom. The lowest BCUT2D eigenvalue weighted by Gasteiger charge is -2.70. The van der Waals surface area contributed by atoms with Crippen molar-refractivity contribution in [2.24, 2.45) is 50.7 Å². The Balaban J connectivity index is 1.31. The molecule has 14 unspecified atom stereocenters. The van der Waals surface area contributed by atoms with Crippen LogP contribution in [0.5, 0.6) is 0 Å². The second-order valence-electron chi connectivity index (χ2n) is 16.7. The largest absolute Gasteiger partial charge is 0.394 e. The average molecular weight is 585 g/mol. The van der Waals surface area contributed by atoms with Crippen molar-refractivity contribution in [1.82, 2.24) is 0 Å². The van der Waals surface area contributed by atoms with Crippen molar-refractivity contribution >= 4 is 0 Å². The van der Waals surface area contributed by atoms with Gasteiger partial charge in [0.1, 0.15) is 24.4 Å². The van der Waals surface area contributed by atoms with E-state index in [0.29, 0.717) is 17.3 Å². The third-order valence-corrected chi connectivity index (χ3v) is 14.4. The van der Waals surface area contributed by atoms with Crippen LogP contribution in [0.2, 0.25) is 0 Å². The molecule has 42 heavy (non-hydrogen) atoms. The second-order valence-corrected chi connectivity index (χ2v) is 16.7. The molecule has 6 aliphatic rings. The maximum Gasteiger partial charge on any atom is 0.187 e. The van der Waals surface area contributed by atoms with Crippen molar-refractivity contribution in [2.45, 2.75) is 130 Å². The van der Waals surface area contributed by atoms with Gasteiger partial charge in [-0.1, -0.05) is 77.5 Å². The van der Waals surface area contributed by atoms with Crippen LogP contribution in [0.25, 0.3) is 0 Å². The summed E-state index contributed by atoms with van der Waals surface area (Å²) in [6.45, 7) is 21.0. The molecule has 4 fully saturated rings. The van der Waals surface area contributed by atoms with E-state index in [4.69, 9.17) is 9.47 Å². The minimum atomic E-state index is -1.45. The van der Waals surface area contributed by atoms with Crippen LogP contribution in [-0.4, -0.2) is 63.8 Å². The van der Waals surface area contributed by atoms with E-state index in [1.807, 2.05) is 0 Å². The topological polar surface area (TPSA) is 99.4 Å². The van der Waals surface area contributed by atoms with E-state index in [1.165, 1.54) is 49.7 Å². The zero-order valence-corrected chi connectivity index (χ0v) is 27.0. The molecule has 0 aromatic carbocycles. The second kappa shape index (κ2) is 9.99. The molecule has 1 heterocycles. The third kappa shape index (κ3) is 4.04. The van der Waals surface area contributed by atoms with Crippen molar-refractivity contribution < 1.29 is 29.9 Å². The van der Waals surface area contributed by atoms with Crippen molar-refractivity contribution in [3.63, 3.8) is 0 Å². The van der Waals surface area contributed by atoms with Gasteiger partial charge >= 0.3 is 0 Å². The fourth-order valence-electron chi connectivity index (χ4n) is 11.8. The van der Waals surface area contributed by atoms with Crippen molar-refractivity contribution in [2.75, 3.05) is 6.61 Å². The summed E-state index contributed by atoms with van der Waals surface area (Å²) in [6, 6.07) is 0. The molecule has 6 nitrogen and oxygen atoms in total. The van der Waals surface area contributed by atoms with Gasteiger partial charge in [-0.25, -0.2) is 0 Å². The highest BCUT2D eigenvalue weighted by atomic mass is 16.7. The molecule has 0 aromatic heterocycles. The number of fused-ring (bicyclic) bond motifs is 7. The molecule has 14 atom stereocenters. The van der Waals surface area contributed by atoms with Crippen LogP contribution in [0.1, 0.15) is 93.4 Å². The Bertz CT molecular complexity index is 1160. The first-order valence-electron chi connectivity index (χ1n) is 16.6. The molecule has 0 amide bonds. The van der Waals surface area contributed by atoms with Gasteiger partial charge in [-0.3, -0.25) is 0 Å². The molecule has 1 aliphatic heterocycles. The van der Waals surface area contributed by atoms with Crippen LogP contribution >= 0.6 is 0 Å². The van der Waals surface area contributed by atoms with E-state index in [1.54, 1.807) is 0 Å². The lowest BCUT2D eigenvalue weighted by atomic mass is 9.34. The van der Waals surface area contributed by atoms with E-state index in [0.717, 1.165) is 18.3 Å². The molecule has 0 aromatic rings. The summed E-state index contributed by atoms with van der Waals surface area (Å²) >= 11 is 0. The fourth-order valence-corrected chi connectivity index (χ4v) is 11.8. The minimum Gasteiger partial charge on any atom is -0.394 e. The standard InChI is InChI=1S/C36H56O6/c1-20(2)21-11-14-33(5)17-18-35(7)22(27(21)33)9-10-25-34(6)15-13-26(32(3,4)24(34)12-16-36(25,35)8)42-31-30(40)29(39)28(38)23(19-37)41-31/h12-13,15,21-23,25-31,37-40H,1,9-11,14,16-19H2,2-8H3. The highest BCUT2D eigenvalue weighted by Gasteiger charge is 2.68. The Morgan fingerprint density at radius 1 is 0.952 bits per heavy atom. The Morgan fingerprint density at radius 3 is 2.33 bits per heavy atom. The van der Waals surface area contributed by atoms with Gasteiger partial charge in [0.2, 0.25) is 0 Å². The van der Waals surface area contributed by atoms with Crippen molar-refractivity contribution in [1.29, 1.82) is 0 Å². The fraction of sp³-hybridized carbons (Fsp3) is 0.833. The van der Waals surface area contributed by atoms with Crippen LogP contribution in [0, 0.1) is 50.7 Å². The summed E-state index contributed by atoms with van der Waals surface area (Å²) in [6.07, 6.45) is 9.08. The molecule has 0 bridgehead atoms. The number of ether oxygens (including phenoxy) is 2. The van der Waals surface area contributed by atoms with Gasteiger partial charge in [0, 0.05) is 10.8 Å². The SMILES string of the molecule is C=C(C)C1CCC2(C)CCC3(C)C(CCC4C5(C)C=CC(OC6OC(CO)C(O)C(O)C6O)C(C)(C)C5=CCC43C)C12. The molecule has 0 spiro atoms. The van der Waals surface area contributed by atoms with E-state index in [9.17, 15) is 20.4 Å². The lowest BCUT2D eigenvalue weighted by molar-refractivity contribution is -0.313. The van der Waals surface area contributed by atoms with Crippen LogP contribution in [0.4, 0.5) is 0 Å². The lowest BCUT2D eigenvalue weighted by Crippen LogP contribution is -2.63. The molecule has 1 saturated heterocycles. The summed E-state index contributed by atoms with van der Waals surface area (Å²) in [7, 11) is 0. The first-order chi connectivity index (χ1) is 19.5. The maximum absolute atomic E-state index is 10.7. The minimum absolute atomic E-state index is 0.107. The van der Waals surface area contributed by atoms with Crippen LogP contribution in [0.15, 0.2) is 36.0 Å². The third-order valence-electron chi connectivity index (χ3n) is 14.4. The first-order valence-corrected chi connectivity index (χ1v) is 16.6. The van der Waals surface area contributed by atoms with Gasteiger partial charge in [0.15, 0.2) is 6.29 Å². The van der Waals surface area contributed by atoms with Gasteiger partial charge in [0.25, 0.3) is 0 Å². The Labute approximate surface area is 253 Å². The van der Waals surface area contributed by atoms with E-state index < -0.39 is 37.3 Å². The molecular formula is C36H56O6. The van der Waals surface area contributed by atoms with Crippen molar-refractivity contribution in [3.05, 3.63) is 36.0 Å². The van der Waals surface area contributed by atoms with Gasteiger partial charge < -0.3 is 29.9 Å². The molecule has 5 aliphatic carbocycles. The van der Waals surface area contributed by atoms with E-state index >= 15 is 0 Å². The zero-order valence-electron chi connectivity index (χ0n) is 27.0. The number of aliphatic hydroxyl groups is 4. The quantitative estimate of drug-likeness (QED) is 0.324. The van der Waals surface area contributed by atoms with E-state index in [2.05, 4.69) is 73.3 Å². The Hall–Kier alpha value is -1.02. The van der Waals surface area contributed by atoms with Crippen LogP contribution < -0.4 is 0 Å². The number of allylic oxidation sites excluding steroid dienone is 3. The predicted octanol–water partition coefficient (Wildman–Crippen LogP) is 5.55. The number of hydrogen-bond acceptors (Lipinski definition) is 6. The summed E-state index contributed by atoms with van der Waals surface area (Å²) in [5, 5.41) is 40.9. The van der Waals surface area contributed by atoms with E-state index in [-0.39, 0.29) is 27.8 Å². The van der Waals surface area contributed by atoms with Crippen LogP contribution in [0.3, 0.4) is 0 Å². The summed E-state index contributed by atoms with van der Waals surface area (Å²) in [4.78, 5) is 0. The molecular weight excluding hydrogens is 528 g/mol. The number of rotatable bonds is 4. The molecule has 0 radical (unpaired) electrons. The number of aliphatic hydroxyl groups excluding tert-OH is 4. The Kier molecular flexibility index (Phi) is 7.37. The highest BCUT2D eigenvalue weighted by molar-refractivity contribution is 5.40.